The molecule has 0 amide bonds. The summed E-state index contributed by atoms with van der Waals surface area (Å²) in [5.41, 5.74) is 1.80. The van der Waals surface area contributed by atoms with Crippen molar-refractivity contribution in [2.75, 3.05) is 4.72 Å². The molecule has 112 valence electrons. The van der Waals surface area contributed by atoms with E-state index in [2.05, 4.69) is 4.72 Å². The summed E-state index contributed by atoms with van der Waals surface area (Å²) < 4.78 is 27.2. The van der Waals surface area contributed by atoms with Crippen LogP contribution in [0.3, 0.4) is 0 Å². The van der Waals surface area contributed by atoms with Gasteiger partial charge in [-0.15, -0.1) is 0 Å². The van der Waals surface area contributed by atoms with Crippen molar-refractivity contribution in [1.29, 1.82) is 0 Å². The maximum Gasteiger partial charge on any atom is 0.261 e. The number of anilines is 1. The summed E-state index contributed by atoms with van der Waals surface area (Å²) in [5.74, 6) is 0. The van der Waals surface area contributed by atoms with E-state index in [1.54, 1.807) is 37.3 Å². The van der Waals surface area contributed by atoms with Crippen molar-refractivity contribution in [2.24, 2.45) is 0 Å². The Morgan fingerprint density at radius 3 is 2.52 bits per heavy atom. The fraction of sp³-hybridized carbons (Fsp3) is 0.200. The Morgan fingerprint density at radius 2 is 1.90 bits per heavy atom. The maximum atomic E-state index is 12.4. The van der Waals surface area contributed by atoms with Gasteiger partial charge in [0.25, 0.3) is 10.0 Å². The zero-order valence-corrected chi connectivity index (χ0v) is 13.2. The molecule has 21 heavy (non-hydrogen) atoms. The van der Waals surface area contributed by atoms with Gasteiger partial charge in [-0.3, -0.25) is 4.72 Å². The molecule has 0 aliphatic rings. The van der Waals surface area contributed by atoms with Crippen LogP contribution < -0.4 is 4.72 Å². The molecule has 0 radical (unpaired) electrons. The van der Waals surface area contributed by atoms with E-state index in [0.29, 0.717) is 16.3 Å². The molecule has 0 bridgehead atoms. The van der Waals surface area contributed by atoms with E-state index < -0.39 is 16.1 Å². The number of sulfonamides is 1. The third-order valence-corrected chi connectivity index (χ3v) is 4.70. The van der Waals surface area contributed by atoms with Crippen molar-refractivity contribution in [3.63, 3.8) is 0 Å². The largest absolute Gasteiger partial charge is 0.389 e. The SMILES string of the molecule is Cc1ccc(NS(=O)(=O)c2cccc(C(C)O)c2)c(Cl)c1. The van der Waals surface area contributed by atoms with E-state index in [1.807, 2.05) is 6.92 Å². The minimum atomic E-state index is -3.75. The summed E-state index contributed by atoms with van der Waals surface area (Å²) in [6, 6.07) is 11.2. The first kappa shape index (κ1) is 15.8. The van der Waals surface area contributed by atoms with Gasteiger partial charge in [-0.25, -0.2) is 8.42 Å². The van der Waals surface area contributed by atoms with Crippen LogP contribution in [0, 0.1) is 6.92 Å². The molecule has 2 rings (SSSR count). The summed E-state index contributed by atoms with van der Waals surface area (Å²) >= 11 is 6.04. The molecule has 0 aromatic heterocycles. The van der Waals surface area contributed by atoms with Crippen LogP contribution in [0.15, 0.2) is 47.4 Å². The summed E-state index contributed by atoms with van der Waals surface area (Å²) in [4.78, 5) is 0.0811. The smallest absolute Gasteiger partial charge is 0.261 e. The van der Waals surface area contributed by atoms with Gasteiger partial charge in [0.2, 0.25) is 0 Å². The standard InChI is InChI=1S/C15H16ClNO3S/c1-10-6-7-15(14(16)8-10)17-21(19,20)13-5-3-4-12(9-13)11(2)18/h3-9,11,17-18H,1-2H3. The molecule has 4 nitrogen and oxygen atoms in total. The topological polar surface area (TPSA) is 66.4 Å². The highest BCUT2D eigenvalue weighted by molar-refractivity contribution is 7.92. The number of aryl methyl sites for hydroxylation is 1. The Labute approximate surface area is 129 Å². The monoisotopic (exact) mass is 325 g/mol. The third kappa shape index (κ3) is 3.75. The highest BCUT2D eigenvalue weighted by Crippen LogP contribution is 2.26. The first-order chi connectivity index (χ1) is 9.79. The van der Waals surface area contributed by atoms with E-state index in [4.69, 9.17) is 11.6 Å². The zero-order chi connectivity index (χ0) is 15.6. The maximum absolute atomic E-state index is 12.4. The van der Waals surface area contributed by atoms with E-state index in [1.165, 1.54) is 12.1 Å². The minimum Gasteiger partial charge on any atom is -0.389 e. The quantitative estimate of drug-likeness (QED) is 0.904. The zero-order valence-electron chi connectivity index (χ0n) is 11.7. The fourth-order valence-corrected chi connectivity index (χ4v) is 3.32. The second kappa shape index (κ2) is 6.05. The molecule has 0 saturated heterocycles. The Bertz CT molecular complexity index is 757. The van der Waals surface area contributed by atoms with Crippen LogP contribution in [0.4, 0.5) is 5.69 Å². The average Bonchev–Trinajstić information content (AvgIpc) is 2.42. The summed E-state index contributed by atoms with van der Waals surface area (Å²) in [6.07, 6.45) is -0.733. The number of rotatable bonds is 4. The lowest BCUT2D eigenvalue weighted by Crippen LogP contribution is -2.13. The van der Waals surface area contributed by atoms with Gasteiger partial charge < -0.3 is 5.11 Å². The Kier molecular flexibility index (Phi) is 4.56. The van der Waals surface area contributed by atoms with Crippen molar-refractivity contribution in [1.82, 2.24) is 0 Å². The van der Waals surface area contributed by atoms with Crippen molar-refractivity contribution in [3.8, 4) is 0 Å². The third-order valence-electron chi connectivity index (χ3n) is 3.02. The van der Waals surface area contributed by atoms with Gasteiger partial charge in [0.15, 0.2) is 0 Å². The number of benzene rings is 2. The molecule has 2 aromatic rings. The van der Waals surface area contributed by atoms with Gasteiger partial charge in [-0.1, -0.05) is 29.8 Å². The summed E-state index contributed by atoms with van der Waals surface area (Å²) in [7, 11) is -3.75. The van der Waals surface area contributed by atoms with Crippen molar-refractivity contribution in [3.05, 3.63) is 58.6 Å². The number of aliphatic hydroxyl groups excluding tert-OH is 1. The average molecular weight is 326 g/mol. The lowest BCUT2D eigenvalue weighted by Gasteiger charge is -2.12. The lowest BCUT2D eigenvalue weighted by atomic mass is 10.1. The number of aliphatic hydroxyl groups is 1. The number of hydrogen-bond acceptors (Lipinski definition) is 3. The molecule has 2 N–H and O–H groups in total. The Hall–Kier alpha value is -1.56. The molecule has 1 unspecified atom stereocenters. The fourth-order valence-electron chi connectivity index (χ4n) is 1.85. The van der Waals surface area contributed by atoms with Crippen molar-refractivity contribution in [2.45, 2.75) is 24.8 Å². The van der Waals surface area contributed by atoms with Crippen LogP contribution >= 0.6 is 11.6 Å². The predicted octanol–water partition coefficient (Wildman–Crippen LogP) is 3.50. The van der Waals surface area contributed by atoms with Crippen molar-refractivity contribution >= 4 is 27.3 Å². The minimum absolute atomic E-state index is 0.0811. The molecular formula is C15H16ClNO3S. The number of halogens is 1. The molecule has 1 atom stereocenters. The van der Waals surface area contributed by atoms with Gasteiger partial charge in [0.1, 0.15) is 0 Å². The van der Waals surface area contributed by atoms with Crippen LogP contribution in [0.1, 0.15) is 24.2 Å². The normalized spacial score (nSPS) is 13.0. The van der Waals surface area contributed by atoms with Gasteiger partial charge in [-0.05, 0) is 49.2 Å². The molecular weight excluding hydrogens is 310 g/mol. The molecule has 0 fully saturated rings. The Balaban J connectivity index is 2.36. The van der Waals surface area contributed by atoms with Gasteiger partial charge in [0.05, 0.1) is 21.7 Å². The summed E-state index contributed by atoms with van der Waals surface area (Å²) in [5, 5.41) is 9.88. The molecule has 0 aliphatic heterocycles. The molecule has 0 aliphatic carbocycles. The summed E-state index contributed by atoms with van der Waals surface area (Å²) in [6.45, 7) is 3.45. The Morgan fingerprint density at radius 1 is 1.19 bits per heavy atom. The molecule has 6 heteroatoms. The lowest BCUT2D eigenvalue weighted by molar-refractivity contribution is 0.199. The van der Waals surface area contributed by atoms with E-state index in [0.717, 1.165) is 5.56 Å². The first-order valence-electron chi connectivity index (χ1n) is 6.36. The van der Waals surface area contributed by atoms with Crippen LogP contribution in [0.2, 0.25) is 5.02 Å². The second-order valence-electron chi connectivity index (χ2n) is 4.84. The van der Waals surface area contributed by atoms with E-state index in [-0.39, 0.29) is 4.90 Å². The van der Waals surface area contributed by atoms with Crippen molar-refractivity contribution < 1.29 is 13.5 Å². The second-order valence-corrected chi connectivity index (χ2v) is 6.93. The first-order valence-corrected chi connectivity index (χ1v) is 8.23. The predicted molar refractivity (Wildman–Crippen MR) is 84.1 cm³/mol. The van der Waals surface area contributed by atoms with E-state index in [9.17, 15) is 13.5 Å². The van der Waals surface area contributed by atoms with Gasteiger partial charge >= 0.3 is 0 Å². The number of nitrogens with one attached hydrogen (secondary N) is 1. The van der Waals surface area contributed by atoms with Gasteiger partial charge in [0, 0.05) is 0 Å². The van der Waals surface area contributed by atoms with Gasteiger partial charge in [-0.2, -0.15) is 0 Å². The van der Waals surface area contributed by atoms with E-state index >= 15 is 0 Å². The highest BCUT2D eigenvalue weighted by Gasteiger charge is 2.17. The number of hydrogen-bond donors (Lipinski definition) is 2. The van der Waals surface area contributed by atoms with Crippen LogP contribution in [-0.2, 0) is 10.0 Å². The molecule has 2 aromatic carbocycles. The van der Waals surface area contributed by atoms with Crippen LogP contribution in [0.5, 0.6) is 0 Å². The highest BCUT2D eigenvalue weighted by atomic mass is 35.5. The molecule has 0 spiro atoms. The van der Waals surface area contributed by atoms with Crippen LogP contribution in [-0.4, -0.2) is 13.5 Å². The van der Waals surface area contributed by atoms with Crippen LogP contribution in [0.25, 0.3) is 0 Å². The molecule has 0 saturated carbocycles. The molecule has 0 heterocycles.